The Morgan fingerprint density at radius 1 is 1.31 bits per heavy atom. The number of hydrogen-bond acceptors (Lipinski definition) is 1. The molecular weight excluding hydrogens is 162 g/mol. The summed E-state index contributed by atoms with van der Waals surface area (Å²) in [5, 5.41) is 3.01. The van der Waals surface area contributed by atoms with Crippen molar-refractivity contribution in [1.82, 2.24) is 5.32 Å². The predicted molar refractivity (Wildman–Crippen MR) is 52.2 cm³/mol. The summed E-state index contributed by atoms with van der Waals surface area (Å²) < 4.78 is 0. The maximum absolute atomic E-state index is 11.4. The predicted octanol–water partition coefficient (Wildman–Crippen LogP) is 1.95. The summed E-state index contributed by atoms with van der Waals surface area (Å²) in [6.45, 7) is 5.35. The summed E-state index contributed by atoms with van der Waals surface area (Å²) in [6, 6.07) is 0. The van der Waals surface area contributed by atoms with Crippen LogP contribution in [0.1, 0.15) is 39.5 Å². The van der Waals surface area contributed by atoms with Gasteiger partial charge in [0.25, 0.3) is 0 Å². The molecular formula is C11H19NO. The van der Waals surface area contributed by atoms with Crippen molar-refractivity contribution in [3.8, 4) is 0 Å². The molecule has 2 heteroatoms. The lowest BCUT2D eigenvalue weighted by atomic mass is 9.66. The third-order valence-corrected chi connectivity index (χ3v) is 4.20. The van der Waals surface area contributed by atoms with Gasteiger partial charge in [0.05, 0.1) is 0 Å². The molecule has 1 aliphatic heterocycles. The largest absolute Gasteiger partial charge is 0.355 e. The Balaban J connectivity index is 2.09. The molecule has 0 radical (unpaired) electrons. The van der Waals surface area contributed by atoms with Gasteiger partial charge in [-0.1, -0.05) is 26.7 Å². The summed E-state index contributed by atoms with van der Waals surface area (Å²) in [7, 11) is 0. The second kappa shape index (κ2) is 3.00. The maximum Gasteiger partial charge on any atom is 0.223 e. The van der Waals surface area contributed by atoms with E-state index in [0.717, 1.165) is 12.5 Å². The number of hydrogen-bond donors (Lipinski definition) is 1. The third kappa shape index (κ3) is 1.36. The van der Waals surface area contributed by atoms with Crippen molar-refractivity contribution in [3.63, 3.8) is 0 Å². The first-order chi connectivity index (χ1) is 6.14. The van der Waals surface area contributed by atoms with Crippen molar-refractivity contribution in [3.05, 3.63) is 0 Å². The van der Waals surface area contributed by atoms with E-state index in [1.54, 1.807) is 0 Å². The van der Waals surface area contributed by atoms with E-state index in [4.69, 9.17) is 0 Å². The maximum atomic E-state index is 11.4. The summed E-state index contributed by atoms with van der Waals surface area (Å²) in [4.78, 5) is 11.4. The zero-order valence-corrected chi connectivity index (χ0v) is 8.60. The fraction of sp³-hybridized carbons (Fsp3) is 0.909. The van der Waals surface area contributed by atoms with Gasteiger partial charge in [-0.05, 0) is 24.2 Å². The van der Waals surface area contributed by atoms with Gasteiger partial charge in [0, 0.05) is 12.5 Å². The molecule has 1 N–H and O–H groups in total. The fourth-order valence-corrected chi connectivity index (χ4v) is 2.79. The average Bonchev–Trinajstić information content (AvgIpc) is 2.40. The molecule has 2 fully saturated rings. The summed E-state index contributed by atoms with van der Waals surface area (Å²) in [6.07, 6.45) is 5.10. The third-order valence-electron chi connectivity index (χ3n) is 4.20. The van der Waals surface area contributed by atoms with Crippen LogP contribution in [0.15, 0.2) is 0 Å². The van der Waals surface area contributed by atoms with E-state index in [9.17, 15) is 4.79 Å². The van der Waals surface area contributed by atoms with Crippen LogP contribution in [0.25, 0.3) is 0 Å². The fourth-order valence-electron chi connectivity index (χ4n) is 2.79. The Hall–Kier alpha value is -0.530. The smallest absolute Gasteiger partial charge is 0.223 e. The van der Waals surface area contributed by atoms with E-state index in [2.05, 4.69) is 19.2 Å². The van der Waals surface area contributed by atoms with Crippen LogP contribution < -0.4 is 5.32 Å². The van der Waals surface area contributed by atoms with Crippen LogP contribution in [0.4, 0.5) is 0 Å². The Morgan fingerprint density at radius 2 is 1.92 bits per heavy atom. The van der Waals surface area contributed by atoms with Gasteiger partial charge in [-0.25, -0.2) is 0 Å². The van der Waals surface area contributed by atoms with E-state index in [1.165, 1.54) is 25.7 Å². The highest BCUT2D eigenvalue weighted by atomic mass is 16.2. The standard InChI is InChI=1S/C11H19NO/c1-8-3-5-11(6-4-8)7-12-10(13)9(11)2/h8-9H,3-7H2,1-2H3,(H,12,13). The van der Waals surface area contributed by atoms with E-state index >= 15 is 0 Å². The first-order valence-corrected chi connectivity index (χ1v) is 5.42. The van der Waals surface area contributed by atoms with Crippen LogP contribution in [-0.2, 0) is 4.79 Å². The quantitative estimate of drug-likeness (QED) is 0.608. The second-order valence-corrected chi connectivity index (χ2v) is 4.98. The Morgan fingerprint density at radius 3 is 2.38 bits per heavy atom. The summed E-state index contributed by atoms with van der Waals surface area (Å²) >= 11 is 0. The Labute approximate surface area is 80.1 Å². The summed E-state index contributed by atoms with van der Waals surface area (Å²) in [5.41, 5.74) is 0.323. The zero-order valence-electron chi connectivity index (χ0n) is 8.60. The lowest BCUT2D eigenvalue weighted by molar-refractivity contribution is -0.123. The van der Waals surface area contributed by atoms with Crippen LogP contribution in [0.5, 0.6) is 0 Å². The van der Waals surface area contributed by atoms with E-state index in [1.807, 2.05) is 0 Å². The van der Waals surface area contributed by atoms with Gasteiger partial charge < -0.3 is 5.32 Å². The van der Waals surface area contributed by atoms with Crippen molar-refractivity contribution in [2.45, 2.75) is 39.5 Å². The van der Waals surface area contributed by atoms with Gasteiger partial charge in [0.2, 0.25) is 5.91 Å². The molecule has 1 saturated carbocycles. The Bertz CT molecular complexity index is 216. The molecule has 1 saturated heterocycles. The van der Waals surface area contributed by atoms with Gasteiger partial charge in [-0.3, -0.25) is 4.79 Å². The molecule has 2 rings (SSSR count). The topological polar surface area (TPSA) is 29.1 Å². The normalized spacial score (nSPS) is 45.2. The van der Waals surface area contributed by atoms with E-state index < -0.39 is 0 Å². The molecule has 0 aromatic carbocycles. The van der Waals surface area contributed by atoms with Gasteiger partial charge in [0.1, 0.15) is 0 Å². The number of carbonyl (C=O) groups is 1. The molecule has 13 heavy (non-hydrogen) atoms. The van der Waals surface area contributed by atoms with Gasteiger partial charge in [0.15, 0.2) is 0 Å². The number of rotatable bonds is 0. The molecule has 1 spiro atoms. The van der Waals surface area contributed by atoms with Crippen molar-refractivity contribution in [1.29, 1.82) is 0 Å². The molecule has 0 aromatic heterocycles. The summed E-state index contributed by atoms with van der Waals surface area (Å²) in [5.74, 6) is 1.39. The highest BCUT2D eigenvalue weighted by molar-refractivity contribution is 5.81. The van der Waals surface area contributed by atoms with Crippen molar-refractivity contribution >= 4 is 5.91 Å². The van der Waals surface area contributed by atoms with Crippen LogP contribution >= 0.6 is 0 Å². The first-order valence-electron chi connectivity index (χ1n) is 5.42. The molecule has 0 aromatic rings. The number of amides is 1. The highest BCUT2D eigenvalue weighted by Gasteiger charge is 2.46. The molecule has 2 nitrogen and oxygen atoms in total. The lowest BCUT2D eigenvalue weighted by Crippen LogP contribution is -2.33. The minimum atomic E-state index is 0.250. The molecule has 1 heterocycles. The second-order valence-electron chi connectivity index (χ2n) is 4.98. The number of carbonyl (C=O) groups excluding carboxylic acids is 1. The molecule has 1 amide bonds. The van der Waals surface area contributed by atoms with E-state index in [-0.39, 0.29) is 11.8 Å². The van der Waals surface area contributed by atoms with Gasteiger partial charge in [-0.2, -0.15) is 0 Å². The molecule has 2 aliphatic rings. The molecule has 0 bridgehead atoms. The minimum Gasteiger partial charge on any atom is -0.355 e. The molecule has 74 valence electrons. The van der Waals surface area contributed by atoms with Crippen molar-refractivity contribution in [2.75, 3.05) is 6.54 Å². The lowest BCUT2D eigenvalue weighted by Gasteiger charge is -2.37. The highest BCUT2D eigenvalue weighted by Crippen LogP contribution is 2.46. The van der Waals surface area contributed by atoms with Crippen molar-refractivity contribution in [2.24, 2.45) is 17.3 Å². The SMILES string of the molecule is CC1CCC2(CC1)CNC(=O)C2C. The average molecular weight is 181 g/mol. The first kappa shape index (κ1) is 9.04. The van der Waals surface area contributed by atoms with Crippen molar-refractivity contribution < 1.29 is 4.79 Å². The zero-order chi connectivity index (χ0) is 9.47. The van der Waals surface area contributed by atoms with E-state index in [0.29, 0.717) is 5.41 Å². The molecule has 1 atom stereocenters. The van der Waals surface area contributed by atoms with Crippen LogP contribution in [0.2, 0.25) is 0 Å². The van der Waals surface area contributed by atoms with Crippen LogP contribution in [0, 0.1) is 17.3 Å². The molecule has 1 unspecified atom stereocenters. The van der Waals surface area contributed by atoms with Gasteiger partial charge in [-0.15, -0.1) is 0 Å². The monoisotopic (exact) mass is 181 g/mol. The minimum absolute atomic E-state index is 0.250. The molecule has 1 aliphatic carbocycles. The number of nitrogens with one attached hydrogen (secondary N) is 1. The Kier molecular flexibility index (Phi) is 2.09. The van der Waals surface area contributed by atoms with Crippen LogP contribution in [-0.4, -0.2) is 12.5 Å². The van der Waals surface area contributed by atoms with Crippen LogP contribution in [0.3, 0.4) is 0 Å². The van der Waals surface area contributed by atoms with Gasteiger partial charge >= 0.3 is 0 Å².